The molecule has 9 heavy (non-hydrogen) atoms. The highest BCUT2D eigenvalue weighted by atomic mass is 14.8. The molecule has 0 amide bonds. The fraction of sp³-hybridized carbons (Fsp3) is 1.00. The van der Waals surface area contributed by atoms with E-state index in [9.17, 15) is 0 Å². The average molecular weight is 124 g/mol. The zero-order valence-electron chi connectivity index (χ0n) is 6.81. The summed E-state index contributed by atoms with van der Waals surface area (Å²) in [6.07, 6.45) is 0. The standard InChI is InChI=1S/C9H16/c1-5-6(2)9(4)7(3)8(5)9/h5-8H,1-4H3/t5-,6+,7?,8?,9?/m0/s1. The summed E-state index contributed by atoms with van der Waals surface area (Å²) in [6, 6.07) is 0. The third-order valence-corrected chi connectivity index (χ3v) is 4.47. The first-order valence-corrected chi connectivity index (χ1v) is 4.10. The maximum atomic E-state index is 2.45. The predicted octanol–water partition coefficient (Wildman–Crippen LogP) is 2.54. The lowest BCUT2D eigenvalue weighted by molar-refractivity contribution is 0.105. The highest BCUT2D eigenvalue weighted by Gasteiger charge is 2.72. The average Bonchev–Trinajstić information content (AvgIpc) is 2.33. The number of rotatable bonds is 0. The van der Waals surface area contributed by atoms with Crippen LogP contribution in [-0.4, -0.2) is 0 Å². The summed E-state index contributed by atoms with van der Waals surface area (Å²) in [4.78, 5) is 0. The summed E-state index contributed by atoms with van der Waals surface area (Å²) in [7, 11) is 0. The van der Waals surface area contributed by atoms with Gasteiger partial charge in [0.2, 0.25) is 0 Å². The highest BCUT2D eigenvalue weighted by Crippen LogP contribution is 2.77. The van der Waals surface area contributed by atoms with Gasteiger partial charge in [-0.3, -0.25) is 0 Å². The van der Waals surface area contributed by atoms with E-state index in [-0.39, 0.29) is 0 Å². The molecule has 5 atom stereocenters. The Hall–Kier alpha value is 0. The molecule has 0 nitrogen and oxygen atoms in total. The molecule has 3 unspecified atom stereocenters. The van der Waals surface area contributed by atoms with Crippen LogP contribution in [0.3, 0.4) is 0 Å². The summed E-state index contributed by atoms with van der Waals surface area (Å²) in [5.41, 5.74) is 0.777. The molecule has 0 aromatic rings. The van der Waals surface area contributed by atoms with Gasteiger partial charge in [-0.15, -0.1) is 0 Å². The van der Waals surface area contributed by atoms with Crippen molar-refractivity contribution >= 4 is 0 Å². The van der Waals surface area contributed by atoms with Crippen molar-refractivity contribution in [3.63, 3.8) is 0 Å². The Morgan fingerprint density at radius 2 is 1.56 bits per heavy atom. The van der Waals surface area contributed by atoms with Crippen LogP contribution in [-0.2, 0) is 0 Å². The Morgan fingerprint density at radius 1 is 1.00 bits per heavy atom. The van der Waals surface area contributed by atoms with Crippen LogP contribution in [0.5, 0.6) is 0 Å². The van der Waals surface area contributed by atoms with Gasteiger partial charge in [-0.05, 0) is 29.1 Å². The Kier molecular flexibility index (Phi) is 0.774. The van der Waals surface area contributed by atoms with Gasteiger partial charge in [0.1, 0.15) is 0 Å². The molecule has 52 valence electrons. The second-order valence-corrected chi connectivity index (χ2v) is 4.33. The number of hydrogen-bond donors (Lipinski definition) is 0. The molecule has 0 aromatic carbocycles. The third kappa shape index (κ3) is 0.367. The lowest BCUT2D eigenvalue weighted by atomic mass is 9.67. The maximum absolute atomic E-state index is 2.45. The molecule has 2 rings (SSSR count). The van der Waals surface area contributed by atoms with Gasteiger partial charge in [-0.1, -0.05) is 27.7 Å². The van der Waals surface area contributed by atoms with Gasteiger partial charge >= 0.3 is 0 Å². The van der Waals surface area contributed by atoms with Crippen molar-refractivity contribution in [3.8, 4) is 0 Å². The quantitative estimate of drug-likeness (QED) is 0.465. The van der Waals surface area contributed by atoms with Crippen molar-refractivity contribution in [2.45, 2.75) is 27.7 Å². The zero-order valence-corrected chi connectivity index (χ0v) is 6.81. The number of fused-ring (bicyclic) bond motifs is 1. The Morgan fingerprint density at radius 3 is 1.67 bits per heavy atom. The third-order valence-electron chi connectivity index (χ3n) is 4.47. The van der Waals surface area contributed by atoms with Crippen molar-refractivity contribution in [3.05, 3.63) is 0 Å². The van der Waals surface area contributed by atoms with Crippen LogP contribution in [0.25, 0.3) is 0 Å². The van der Waals surface area contributed by atoms with Gasteiger partial charge in [0, 0.05) is 0 Å². The van der Waals surface area contributed by atoms with Crippen LogP contribution in [0.2, 0.25) is 0 Å². The van der Waals surface area contributed by atoms with Crippen molar-refractivity contribution in [2.75, 3.05) is 0 Å². The summed E-state index contributed by atoms with van der Waals surface area (Å²) in [5, 5.41) is 0. The van der Waals surface area contributed by atoms with Crippen LogP contribution in [0.1, 0.15) is 27.7 Å². The molecule has 0 heteroatoms. The molecule has 2 saturated carbocycles. The van der Waals surface area contributed by atoms with Crippen LogP contribution in [0.15, 0.2) is 0 Å². The molecule has 0 bridgehead atoms. The Balaban J connectivity index is 2.19. The fourth-order valence-corrected chi connectivity index (χ4v) is 3.29. The van der Waals surface area contributed by atoms with E-state index >= 15 is 0 Å². The van der Waals surface area contributed by atoms with Crippen LogP contribution in [0.4, 0.5) is 0 Å². The van der Waals surface area contributed by atoms with Gasteiger partial charge in [-0.25, -0.2) is 0 Å². The first kappa shape index (κ1) is 5.76. The molecular weight excluding hydrogens is 108 g/mol. The minimum atomic E-state index is 0.777. The van der Waals surface area contributed by atoms with E-state index in [1.54, 1.807) is 0 Å². The first-order chi connectivity index (χ1) is 4.10. The van der Waals surface area contributed by atoms with Crippen LogP contribution in [0, 0.1) is 29.1 Å². The van der Waals surface area contributed by atoms with E-state index in [0.29, 0.717) is 0 Å². The van der Waals surface area contributed by atoms with E-state index in [4.69, 9.17) is 0 Å². The molecule has 0 saturated heterocycles. The van der Waals surface area contributed by atoms with Gasteiger partial charge in [0.05, 0.1) is 0 Å². The minimum absolute atomic E-state index is 0.777. The summed E-state index contributed by atoms with van der Waals surface area (Å²) in [6.45, 7) is 9.67. The fourth-order valence-electron chi connectivity index (χ4n) is 3.29. The maximum Gasteiger partial charge on any atom is -0.0235 e. The van der Waals surface area contributed by atoms with Crippen molar-refractivity contribution in [1.29, 1.82) is 0 Å². The minimum Gasteiger partial charge on any atom is -0.0619 e. The molecule has 2 aliphatic rings. The van der Waals surface area contributed by atoms with Gasteiger partial charge in [-0.2, -0.15) is 0 Å². The predicted molar refractivity (Wildman–Crippen MR) is 39.1 cm³/mol. The van der Waals surface area contributed by atoms with Crippen molar-refractivity contribution in [2.24, 2.45) is 29.1 Å². The van der Waals surface area contributed by atoms with Gasteiger partial charge < -0.3 is 0 Å². The Bertz CT molecular complexity index is 137. The van der Waals surface area contributed by atoms with E-state index in [0.717, 1.165) is 29.1 Å². The van der Waals surface area contributed by atoms with E-state index in [1.165, 1.54) is 0 Å². The van der Waals surface area contributed by atoms with Crippen molar-refractivity contribution in [1.82, 2.24) is 0 Å². The summed E-state index contributed by atoms with van der Waals surface area (Å²) < 4.78 is 0. The molecular formula is C9H16. The zero-order chi connectivity index (χ0) is 6.81. The first-order valence-electron chi connectivity index (χ1n) is 4.10. The summed E-state index contributed by atoms with van der Waals surface area (Å²) in [5.74, 6) is 4.14. The highest BCUT2D eigenvalue weighted by molar-refractivity contribution is 5.19. The smallest absolute Gasteiger partial charge is 0.0235 e. The summed E-state index contributed by atoms with van der Waals surface area (Å²) >= 11 is 0. The van der Waals surface area contributed by atoms with Crippen LogP contribution < -0.4 is 0 Å². The Labute approximate surface area is 57.6 Å². The van der Waals surface area contributed by atoms with E-state index in [1.807, 2.05) is 0 Å². The number of hydrogen-bond acceptors (Lipinski definition) is 0. The molecule has 0 radical (unpaired) electrons. The largest absolute Gasteiger partial charge is 0.0619 e. The topological polar surface area (TPSA) is 0 Å². The SMILES string of the molecule is CC1C2[C@@H](C)[C@@H](C)C12C. The molecule has 2 aliphatic carbocycles. The molecule has 0 aromatic heterocycles. The normalized spacial score (nSPS) is 70.7. The molecule has 2 fully saturated rings. The van der Waals surface area contributed by atoms with Gasteiger partial charge in [0.15, 0.2) is 0 Å². The molecule has 0 N–H and O–H groups in total. The monoisotopic (exact) mass is 124 g/mol. The van der Waals surface area contributed by atoms with Crippen molar-refractivity contribution < 1.29 is 0 Å². The molecule has 0 aliphatic heterocycles. The molecule has 0 spiro atoms. The lowest BCUT2D eigenvalue weighted by Gasteiger charge is -2.37. The van der Waals surface area contributed by atoms with E-state index < -0.39 is 0 Å². The second kappa shape index (κ2) is 1.21. The lowest BCUT2D eigenvalue weighted by Crippen LogP contribution is -2.32. The van der Waals surface area contributed by atoms with Crippen LogP contribution >= 0.6 is 0 Å². The molecule has 0 heterocycles. The van der Waals surface area contributed by atoms with Gasteiger partial charge in [0.25, 0.3) is 0 Å². The second-order valence-electron chi connectivity index (χ2n) is 4.33. The van der Waals surface area contributed by atoms with E-state index in [2.05, 4.69) is 27.7 Å².